The maximum absolute atomic E-state index is 14.2. The van der Waals surface area contributed by atoms with Crippen molar-refractivity contribution < 1.29 is 19.1 Å². The van der Waals surface area contributed by atoms with Gasteiger partial charge in [0.2, 0.25) is 12.7 Å². The summed E-state index contributed by atoms with van der Waals surface area (Å²) in [7, 11) is 0. The first-order chi connectivity index (χ1) is 20.9. The highest BCUT2D eigenvalue weighted by Gasteiger charge is 2.33. The van der Waals surface area contributed by atoms with Crippen LogP contribution in [0.15, 0.2) is 91.0 Å². The zero-order chi connectivity index (χ0) is 29.9. The van der Waals surface area contributed by atoms with E-state index in [9.17, 15) is 9.59 Å². The summed E-state index contributed by atoms with van der Waals surface area (Å²) in [4.78, 5) is 30.0. The van der Waals surface area contributed by atoms with Gasteiger partial charge in [-0.15, -0.1) is 5.10 Å². The molecule has 1 aliphatic heterocycles. The Morgan fingerprint density at radius 1 is 0.930 bits per heavy atom. The normalized spacial score (nSPS) is 12.8. The molecule has 2 heterocycles. The fraction of sp³-hybridized carbons (Fsp3) is 0.212. The van der Waals surface area contributed by atoms with E-state index in [1.165, 1.54) is 0 Å². The molecule has 1 aromatic heterocycles. The number of rotatable bonds is 9. The van der Waals surface area contributed by atoms with E-state index in [0.29, 0.717) is 39.2 Å². The van der Waals surface area contributed by atoms with Gasteiger partial charge in [-0.3, -0.25) is 9.59 Å². The van der Waals surface area contributed by atoms with Gasteiger partial charge in [0.1, 0.15) is 18.1 Å². The molecule has 5 aromatic rings. The zero-order valence-corrected chi connectivity index (χ0v) is 24.5. The number of amides is 2. The van der Waals surface area contributed by atoms with E-state index in [4.69, 9.17) is 21.1 Å². The van der Waals surface area contributed by atoms with Gasteiger partial charge in [0.25, 0.3) is 5.91 Å². The molecule has 0 aliphatic carbocycles. The number of fused-ring (bicyclic) bond motifs is 2. The second-order valence-corrected chi connectivity index (χ2v) is 11.1. The lowest BCUT2D eigenvalue weighted by Crippen LogP contribution is -2.42. The van der Waals surface area contributed by atoms with Crippen molar-refractivity contribution in [1.82, 2.24) is 19.9 Å². The van der Waals surface area contributed by atoms with E-state index >= 15 is 0 Å². The highest BCUT2D eigenvalue weighted by molar-refractivity contribution is 6.30. The number of carbonyl (C=O) groups is 2. The van der Waals surface area contributed by atoms with Crippen molar-refractivity contribution in [3.8, 4) is 11.5 Å². The Labute approximate surface area is 254 Å². The Balaban J connectivity index is 1.39. The van der Waals surface area contributed by atoms with E-state index in [1.807, 2.05) is 60.7 Å². The minimum absolute atomic E-state index is 0.105. The average Bonchev–Trinajstić information content (AvgIpc) is 3.65. The van der Waals surface area contributed by atoms with Gasteiger partial charge in [0, 0.05) is 23.3 Å². The predicted molar refractivity (Wildman–Crippen MR) is 164 cm³/mol. The number of nitrogens with one attached hydrogen (secondary N) is 1. The first-order valence-corrected chi connectivity index (χ1v) is 14.4. The second kappa shape index (κ2) is 12.1. The Morgan fingerprint density at radius 3 is 2.42 bits per heavy atom. The number of halogens is 1. The molecule has 10 heteroatoms. The molecular weight excluding hydrogens is 566 g/mol. The van der Waals surface area contributed by atoms with Crippen LogP contribution in [-0.2, 0) is 22.7 Å². The van der Waals surface area contributed by atoms with Crippen LogP contribution in [0.5, 0.6) is 11.5 Å². The summed E-state index contributed by atoms with van der Waals surface area (Å²) in [5.41, 5.74) is 4.56. The third-order valence-corrected chi connectivity index (χ3v) is 7.66. The number of benzene rings is 4. The number of ether oxygens (including phenoxy) is 2. The quantitative estimate of drug-likeness (QED) is 0.213. The molecule has 43 heavy (non-hydrogen) atoms. The third-order valence-electron chi connectivity index (χ3n) is 7.41. The van der Waals surface area contributed by atoms with E-state index in [1.54, 1.807) is 39.9 Å². The van der Waals surface area contributed by atoms with Crippen molar-refractivity contribution >= 4 is 40.1 Å². The van der Waals surface area contributed by atoms with E-state index in [0.717, 1.165) is 16.6 Å². The van der Waals surface area contributed by atoms with Gasteiger partial charge in [0.15, 0.2) is 11.5 Å². The number of para-hydroxylation sites is 1. The summed E-state index contributed by atoms with van der Waals surface area (Å²) in [6.07, 6.45) is 0. The summed E-state index contributed by atoms with van der Waals surface area (Å²) in [6, 6.07) is 26.7. The largest absolute Gasteiger partial charge is 0.454 e. The number of hydrogen-bond donors (Lipinski definition) is 1. The molecule has 2 amide bonds. The van der Waals surface area contributed by atoms with Crippen molar-refractivity contribution in [2.24, 2.45) is 0 Å². The number of hydrogen-bond acceptors (Lipinski definition) is 6. The molecule has 0 fully saturated rings. The van der Waals surface area contributed by atoms with Crippen LogP contribution in [0.4, 0.5) is 5.69 Å². The van der Waals surface area contributed by atoms with Crippen molar-refractivity contribution in [2.45, 2.75) is 38.9 Å². The first kappa shape index (κ1) is 28.2. The summed E-state index contributed by atoms with van der Waals surface area (Å²) < 4.78 is 12.5. The van der Waals surface area contributed by atoms with E-state index < -0.39 is 6.04 Å². The molecule has 0 spiro atoms. The molecule has 0 saturated heterocycles. The monoisotopic (exact) mass is 595 g/mol. The Bertz CT molecular complexity index is 1770. The maximum atomic E-state index is 14.2. The summed E-state index contributed by atoms with van der Waals surface area (Å²) >= 11 is 6.16. The Kier molecular flexibility index (Phi) is 7.98. The molecule has 1 unspecified atom stereocenters. The van der Waals surface area contributed by atoms with Crippen LogP contribution in [-0.4, -0.2) is 38.5 Å². The first-order valence-electron chi connectivity index (χ1n) is 14.0. The highest BCUT2D eigenvalue weighted by atomic mass is 35.5. The van der Waals surface area contributed by atoms with Crippen LogP contribution in [0.3, 0.4) is 0 Å². The molecule has 0 bridgehead atoms. The van der Waals surface area contributed by atoms with Gasteiger partial charge in [-0.2, -0.15) is 0 Å². The lowest BCUT2D eigenvalue weighted by Gasteiger charge is -2.32. The van der Waals surface area contributed by atoms with Crippen molar-refractivity contribution in [3.05, 3.63) is 113 Å². The molecule has 1 atom stereocenters. The molecule has 6 rings (SSSR count). The van der Waals surface area contributed by atoms with Crippen LogP contribution < -0.4 is 14.8 Å². The van der Waals surface area contributed by atoms with Crippen molar-refractivity contribution in [3.63, 3.8) is 0 Å². The number of carbonyl (C=O) groups excluding carboxylic acids is 2. The fourth-order valence-electron chi connectivity index (χ4n) is 5.08. The second-order valence-electron chi connectivity index (χ2n) is 10.7. The smallest absolute Gasteiger partial charge is 0.251 e. The molecule has 218 valence electrons. The molecular formula is C33H30ClN5O4. The van der Waals surface area contributed by atoms with Crippen molar-refractivity contribution in [1.29, 1.82) is 0 Å². The van der Waals surface area contributed by atoms with Gasteiger partial charge in [-0.1, -0.05) is 79.2 Å². The highest BCUT2D eigenvalue weighted by Crippen LogP contribution is 2.35. The molecule has 0 saturated carbocycles. The topological polar surface area (TPSA) is 98.6 Å². The van der Waals surface area contributed by atoms with E-state index in [-0.39, 0.29) is 31.7 Å². The maximum Gasteiger partial charge on any atom is 0.251 e. The molecule has 9 nitrogen and oxygen atoms in total. The summed E-state index contributed by atoms with van der Waals surface area (Å²) in [6.45, 7) is 4.40. The summed E-state index contributed by atoms with van der Waals surface area (Å²) in [5, 5.41) is 12.0. The average molecular weight is 596 g/mol. The lowest BCUT2D eigenvalue weighted by atomic mass is 9.97. The Hall–Kier alpha value is -4.89. The zero-order valence-electron chi connectivity index (χ0n) is 23.7. The Morgan fingerprint density at radius 2 is 1.65 bits per heavy atom. The van der Waals surface area contributed by atoms with Gasteiger partial charge >= 0.3 is 0 Å². The van der Waals surface area contributed by atoms with Crippen LogP contribution in [0.1, 0.15) is 42.5 Å². The van der Waals surface area contributed by atoms with Crippen LogP contribution >= 0.6 is 11.6 Å². The summed E-state index contributed by atoms with van der Waals surface area (Å²) in [5.74, 6) is 0.787. The SMILES string of the molecule is CC(C)c1ccc(C(C(=O)Nc2ccc3c(c2)OCO3)N(Cc2ccc(Cl)cc2)C(=O)Cn2nnc3ccccc32)cc1. The molecule has 1 aliphatic rings. The minimum Gasteiger partial charge on any atom is -0.454 e. The van der Waals surface area contributed by atoms with Crippen LogP contribution in [0.25, 0.3) is 11.0 Å². The predicted octanol–water partition coefficient (Wildman–Crippen LogP) is 6.35. The standard InChI is InChI=1S/C33H30ClN5O4/c1-21(2)23-9-11-24(12-10-23)32(33(41)35-26-15-16-29-30(17-26)43-20-42-29)38(18-22-7-13-25(34)14-8-22)31(40)19-39-28-6-4-3-5-27(28)36-37-39/h3-17,21,32H,18-20H2,1-2H3,(H,35,41). The minimum atomic E-state index is -0.968. The molecule has 0 radical (unpaired) electrons. The number of aromatic nitrogens is 3. The van der Waals surface area contributed by atoms with Gasteiger partial charge in [0.05, 0.1) is 5.52 Å². The van der Waals surface area contributed by atoms with Gasteiger partial charge < -0.3 is 19.7 Å². The van der Waals surface area contributed by atoms with E-state index in [2.05, 4.69) is 29.5 Å². The number of anilines is 1. The fourth-order valence-corrected chi connectivity index (χ4v) is 5.21. The van der Waals surface area contributed by atoms with Crippen LogP contribution in [0.2, 0.25) is 5.02 Å². The van der Waals surface area contributed by atoms with Crippen molar-refractivity contribution in [2.75, 3.05) is 12.1 Å². The van der Waals surface area contributed by atoms with Crippen LogP contribution in [0, 0.1) is 0 Å². The molecule has 4 aromatic carbocycles. The molecule has 1 N–H and O–H groups in total. The van der Waals surface area contributed by atoms with Gasteiger partial charge in [-0.05, 0) is 59.0 Å². The third kappa shape index (κ3) is 6.17. The number of nitrogens with zero attached hydrogens (tertiary/aromatic N) is 4. The van der Waals surface area contributed by atoms with Gasteiger partial charge in [-0.25, -0.2) is 4.68 Å². The lowest BCUT2D eigenvalue weighted by molar-refractivity contribution is -0.140.